The quantitative estimate of drug-likeness (QED) is 0.664. The van der Waals surface area contributed by atoms with Gasteiger partial charge in [0.2, 0.25) is 0 Å². The summed E-state index contributed by atoms with van der Waals surface area (Å²) in [7, 11) is 0. The van der Waals surface area contributed by atoms with E-state index in [2.05, 4.69) is 9.97 Å². The second-order valence-electron chi connectivity index (χ2n) is 2.88. The third-order valence-corrected chi connectivity index (χ3v) is 1.72. The summed E-state index contributed by atoms with van der Waals surface area (Å²) < 4.78 is 0. The van der Waals surface area contributed by atoms with Crippen molar-refractivity contribution < 1.29 is 5.11 Å². The molecule has 1 aromatic heterocycles. The minimum atomic E-state index is 0.250. The van der Waals surface area contributed by atoms with Gasteiger partial charge in [0, 0.05) is 6.61 Å². The van der Waals surface area contributed by atoms with Crippen molar-refractivity contribution in [3.63, 3.8) is 0 Å². The Morgan fingerprint density at radius 2 is 1.00 bits per heavy atom. The zero-order chi connectivity index (χ0) is 10.4. The first-order valence-corrected chi connectivity index (χ1v) is 4.42. The molecule has 0 aromatic carbocycles. The predicted molar refractivity (Wildman–Crippen MR) is 53.7 cm³/mol. The molecule has 0 amide bonds. The van der Waals surface area contributed by atoms with Gasteiger partial charge < -0.3 is 5.11 Å². The SMILES string of the molecule is CCO.Cc1nc(C)c(C)nc1C. The lowest BCUT2D eigenvalue weighted by Gasteiger charge is -2.01. The maximum absolute atomic E-state index is 7.57. The highest BCUT2D eigenvalue weighted by Crippen LogP contribution is 2.04. The molecule has 3 nitrogen and oxygen atoms in total. The van der Waals surface area contributed by atoms with E-state index in [0.717, 1.165) is 22.8 Å². The van der Waals surface area contributed by atoms with Crippen LogP contribution in [0.3, 0.4) is 0 Å². The van der Waals surface area contributed by atoms with Gasteiger partial charge >= 0.3 is 0 Å². The van der Waals surface area contributed by atoms with Crippen LogP contribution in [0.5, 0.6) is 0 Å². The Labute approximate surface area is 79.9 Å². The molecule has 0 saturated heterocycles. The van der Waals surface area contributed by atoms with Gasteiger partial charge in [-0.3, -0.25) is 9.97 Å². The molecule has 1 N–H and O–H groups in total. The number of nitrogens with zero attached hydrogens (tertiary/aromatic N) is 2. The fourth-order valence-corrected chi connectivity index (χ4v) is 0.827. The molecule has 0 aliphatic carbocycles. The maximum Gasteiger partial charge on any atom is 0.0588 e. The molecule has 0 spiro atoms. The van der Waals surface area contributed by atoms with Crippen LogP contribution in [-0.4, -0.2) is 21.7 Å². The molecule has 74 valence electrons. The van der Waals surface area contributed by atoms with Gasteiger partial charge in [0.25, 0.3) is 0 Å². The highest BCUT2D eigenvalue weighted by atomic mass is 16.2. The summed E-state index contributed by atoms with van der Waals surface area (Å²) >= 11 is 0. The molecule has 0 radical (unpaired) electrons. The summed E-state index contributed by atoms with van der Waals surface area (Å²) in [4.78, 5) is 8.62. The first kappa shape index (κ1) is 12.0. The zero-order valence-corrected chi connectivity index (χ0v) is 9.05. The van der Waals surface area contributed by atoms with Crippen molar-refractivity contribution in [2.75, 3.05) is 6.61 Å². The average molecular weight is 182 g/mol. The van der Waals surface area contributed by atoms with E-state index in [9.17, 15) is 0 Å². The lowest BCUT2D eigenvalue weighted by atomic mass is 10.3. The number of aromatic nitrogens is 2. The molecule has 0 unspecified atom stereocenters. The summed E-state index contributed by atoms with van der Waals surface area (Å²) in [6, 6.07) is 0. The molecular weight excluding hydrogens is 164 g/mol. The third-order valence-electron chi connectivity index (χ3n) is 1.72. The molecule has 1 heterocycles. The number of rotatable bonds is 0. The molecule has 0 aliphatic rings. The van der Waals surface area contributed by atoms with Crippen molar-refractivity contribution >= 4 is 0 Å². The fourth-order valence-electron chi connectivity index (χ4n) is 0.827. The van der Waals surface area contributed by atoms with Crippen molar-refractivity contribution in [2.24, 2.45) is 0 Å². The van der Waals surface area contributed by atoms with Crippen molar-refractivity contribution in [3.8, 4) is 0 Å². The van der Waals surface area contributed by atoms with Crippen LogP contribution >= 0.6 is 0 Å². The first-order chi connectivity index (χ1) is 6.02. The van der Waals surface area contributed by atoms with Gasteiger partial charge in [-0.1, -0.05) is 0 Å². The fraction of sp³-hybridized carbons (Fsp3) is 0.600. The van der Waals surface area contributed by atoms with Gasteiger partial charge in [0.1, 0.15) is 0 Å². The van der Waals surface area contributed by atoms with Crippen LogP contribution in [0.1, 0.15) is 29.7 Å². The highest BCUT2D eigenvalue weighted by molar-refractivity contribution is 5.16. The van der Waals surface area contributed by atoms with Crippen molar-refractivity contribution in [2.45, 2.75) is 34.6 Å². The van der Waals surface area contributed by atoms with Gasteiger partial charge in [0.05, 0.1) is 22.8 Å². The van der Waals surface area contributed by atoms with Crippen LogP contribution in [0, 0.1) is 27.7 Å². The van der Waals surface area contributed by atoms with Crippen molar-refractivity contribution in [3.05, 3.63) is 22.8 Å². The third kappa shape index (κ3) is 3.99. The molecular formula is C10H18N2O. The highest BCUT2D eigenvalue weighted by Gasteiger charge is 1.98. The summed E-state index contributed by atoms with van der Waals surface area (Å²) in [6.45, 7) is 9.85. The minimum absolute atomic E-state index is 0.250. The Kier molecular flexibility index (Phi) is 5.23. The molecule has 1 aromatic rings. The summed E-state index contributed by atoms with van der Waals surface area (Å²) in [5, 5.41) is 7.57. The van der Waals surface area contributed by atoms with Crippen LogP contribution < -0.4 is 0 Å². The van der Waals surface area contributed by atoms with E-state index >= 15 is 0 Å². The van der Waals surface area contributed by atoms with Gasteiger partial charge in [-0.15, -0.1) is 0 Å². The van der Waals surface area contributed by atoms with Crippen molar-refractivity contribution in [1.82, 2.24) is 9.97 Å². The predicted octanol–water partition coefficient (Wildman–Crippen LogP) is 1.71. The second kappa shape index (κ2) is 5.65. The van der Waals surface area contributed by atoms with E-state index in [-0.39, 0.29) is 6.61 Å². The summed E-state index contributed by atoms with van der Waals surface area (Å²) in [5.41, 5.74) is 4.12. The van der Waals surface area contributed by atoms with Crippen LogP contribution in [-0.2, 0) is 0 Å². The van der Waals surface area contributed by atoms with E-state index in [0.29, 0.717) is 0 Å². The Bertz CT molecular complexity index is 222. The summed E-state index contributed by atoms with van der Waals surface area (Å²) in [5.74, 6) is 0. The molecule has 13 heavy (non-hydrogen) atoms. The Morgan fingerprint density at radius 3 is 1.15 bits per heavy atom. The molecule has 0 saturated carbocycles. The van der Waals surface area contributed by atoms with E-state index in [1.165, 1.54) is 0 Å². The largest absolute Gasteiger partial charge is 0.397 e. The van der Waals surface area contributed by atoms with Gasteiger partial charge in [-0.2, -0.15) is 0 Å². The topological polar surface area (TPSA) is 46.0 Å². The van der Waals surface area contributed by atoms with Gasteiger partial charge in [0.15, 0.2) is 0 Å². The van der Waals surface area contributed by atoms with Crippen LogP contribution in [0.25, 0.3) is 0 Å². The molecule has 0 fully saturated rings. The van der Waals surface area contributed by atoms with E-state index in [4.69, 9.17) is 5.11 Å². The van der Waals surface area contributed by atoms with Crippen LogP contribution in [0.15, 0.2) is 0 Å². The second-order valence-corrected chi connectivity index (χ2v) is 2.88. The molecule has 3 heteroatoms. The Hall–Kier alpha value is -0.960. The molecule has 1 rings (SSSR count). The standard InChI is InChI=1S/C8H12N2.C2H6O/c1-5-6(2)10-8(4)7(3)9-5;1-2-3/h1-4H3;3H,2H2,1H3. The Balaban J connectivity index is 0.000000424. The van der Waals surface area contributed by atoms with Gasteiger partial charge in [-0.05, 0) is 34.6 Å². The lowest BCUT2D eigenvalue weighted by Crippen LogP contribution is -1.97. The Morgan fingerprint density at radius 1 is 0.846 bits per heavy atom. The average Bonchev–Trinajstić information content (AvgIpc) is 2.03. The van der Waals surface area contributed by atoms with E-state index < -0.39 is 0 Å². The number of aryl methyl sites for hydroxylation is 4. The zero-order valence-electron chi connectivity index (χ0n) is 9.05. The number of hydrogen-bond donors (Lipinski definition) is 1. The van der Waals surface area contributed by atoms with Crippen LogP contribution in [0.2, 0.25) is 0 Å². The molecule has 0 bridgehead atoms. The molecule has 0 aliphatic heterocycles. The smallest absolute Gasteiger partial charge is 0.0588 e. The van der Waals surface area contributed by atoms with Gasteiger partial charge in [-0.25, -0.2) is 0 Å². The number of aliphatic hydroxyl groups excluding tert-OH is 1. The molecule has 0 atom stereocenters. The number of hydrogen-bond acceptors (Lipinski definition) is 3. The van der Waals surface area contributed by atoms with Crippen molar-refractivity contribution in [1.29, 1.82) is 0 Å². The lowest BCUT2D eigenvalue weighted by molar-refractivity contribution is 0.318. The maximum atomic E-state index is 7.57. The number of aliphatic hydroxyl groups is 1. The van der Waals surface area contributed by atoms with E-state index in [1.54, 1.807) is 6.92 Å². The first-order valence-electron chi connectivity index (χ1n) is 4.42. The minimum Gasteiger partial charge on any atom is -0.397 e. The van der Waals surface area contributed by atoms with Crippen LogP contribution in [0.4, 0.5) is 0 Å². The summed E-state index contributed by atoms with van der Waals surface area (Å²) in [6.07, 6.45) is 0. The monoisotopic (exact) mass is 182 g/mol. The van der Waals surface area contributed by atoms with E-state index in [1.807, 2.05) is 27.7 Å². The normalized spacial score (nSPS) is 9.08.